The Kier molecular flexibility index (Phi) is 3.29. The quantitative estimate of drug-likeness (QED) is 0.877. The lowest BCUT2D eigenvalue weighted by molar-refractivity contribution is 0.226. The van der Waals surface area contributed by atoms with Gasteiger partial charge in [-0.2, -0.15) is 0 Å². The Bertz CT molecular complexity index is 425. The molecule has 98 valence electrons. The Morgan fingerprint density at radius 1 is 1.28 bits per heavy atom. The van der Waals surface area contributed by atoms with E-state index in [4.69, 9.17) is 4.74 Å². The highest BCUT2D eigenvalue weighted by atomic mass is 16.5. The first kappa shape index (κ1) is 12.0. The maximum Gasteiger partial charge on any atom is 0.122 e. The number of rotatable bonds is 4. The molecule has 0 aliphatic heterocycles. The van der Waals surface area contributed by atoms with Crippen LogP contribution in [-0.4, -0.2) is 13.2 Å². The van der Waals surface area contributed by atoms with Crippen LogP contribution < -0.4 is 10.1 Å². The Morgan fingerprint density at radius 2 is 2.11 bits per heavy atom. The molecule has 2 aliphatic rings. The third-order valence-electron chi connectivity index (χ3n) is 4.77. The predicted octanol–water partition coefficient (Wildman–Crippen LogP) is 3.46. The van der Waals surface area contributed by atoms with Gasteiger partial charge in [-0.25, -0.2) is 0 Å². The van der Waals surface area contributed by atoms with Crippen molar-refractivity contribution in [1.82, 2.24) is 5.32 Å². The minimum absolute atomic E-state index is 0.533. The fraction of sp³-hybridized carbons (Fsp3) is 0.625. The van der Waals surface area contributed by atoms with Crippen molar-refractivity contribution in [2.24, 2.45) is 5.92 Å². The maximum atomic E-state index is 5.46. The molecule has 18 heavy (non-hydrogen) atoms. The van der Waals surface area contributed by atoms with Crippen LogP contribution in [0.5, 0.6) is 5.75 Å². The molecule has 1 aromatic carbocycles. The van der Waals surface area contributed by atoms with Crippen LogP contribution in [0, 0.1) is 5.92 Å². The van der Waals surface area contributed by atoms with Gasteiger partial charge in [-0.15, -0.1) is 0 Å². The number of benzene rings is 1. The summed E-state index contributed by atoms with van der Waals surface area (Å²) in [6, 6.07) is 7.64. The molecule has 2 heteroatoms. The number of hydrogen-bond acceptors (Lipinski definition) is 2. The molecule has 1 N–H and O–H groups in total. The third kappa shape index (κ3) is 2.03. The van der Waals surface area contributed by atoms with Crippen molar-refractivity contribution < 1.29 is 4.74 Å². The summed E-state index contributed by atoms with van der Waals surface area (Å²) in [4.78, 5) is 0. The number of ether oxygens (including phenoxy) is 1. The lowest BCUT2D eigenvalue weighted by Crippen LogP contribution is -2.38. The molecule has 0 unspecified atom stereocenters. The van der Waals surface area contributed by atoms with Gasteiger partial charge in [0.1, 0.15) is 5.75 Å². The van der Waals surface area contributed by atoms with E-state index in [2.05, 4.69) is 30.4 Å². The van der Waals surface area contributed by atoms with Crippen molar-refractivity contribution in [3.8, 4) is 5.75 Å². The minimum atomic E-state index is 0.533. The van der Waals surface area contributed by atoms with Gasteiger partial charge in [0.25, 0.3) is 0 Å². The van der Waals surface area contributed by atoms with Crippen molar-refractivity contribution in [2.45, 2.75) is 51.1 Å². The summed E-state index contributed by atoms with van der Waals surface area (Å²) in [5, 5.41) is 3.83. The zero-order chi connectivity index (χ0) is 12.5. The van der Waals surface area contributed by atoms with Gasteiger partial charge in [0.15, 0.2) is 0 Å². The highest BCUT2D eigenvalue weighted by Gasteiger charge is 2.30. The normalized spacial score (nSPS) is 24.4. The Labute approximate surface area is 110 Å². The number of methoxy groups -OCH3 is 1. The van der Waals surface area contributed by atoms with E-state index in [-0.39, 0.29) is 0 Å². The van der Waals surface area contributed by atoms with Gasteiger partial charge in [0.05, 0.1) is 7.11 Å². The van der Waals surface area contributed by atoms with Crippen LogP contribution in [0.4, 0.5) is 0 Å². The average molecular weight is 245 g/mol. The zero-order valence-corrected chi connectivity index (χ0v) is 11.4. The Hall–Kier alpha value is -1.02. The van der Waals surface area contributed by atoms with Gasteiger partial charge < -0.3 is 10.1 Å². The first-order valence-corrected chi connectivity index (χ1v) is 7.21. The lowest BCUT2D eigenvalue weighted by Gasteiger charge is -2.34. The summed E-state index contributed by atoms with van der Waals surface area (Å²) in [6.07, 6.45) is 6.60. The molecule has 3 rings (SSSR count). The van der Waals surface area contributed by atoms with Crippen molar-refractivity contribution in [1.29, 1.82) is 0 Å². The summed E-state index contributed by atoms with van der Waals surface area (Å²) in [5.74, 6) is 1.97. The molecule has 1 aromatic rings. The second kappa shape index (κ2) is 4.93. The van der Waals surface area contributed by atoms with E-state index in [9.17, 15) is 0 Å². The molecule has 0 amide bonds. The van der Waals surface area contributed by atoms with Crippen LogP contribution in [0.2, 0.25) is 0 Å². The summed E-state index contributed by atoms with van der Waals surface area (Å²) in [5.41, 5.74) is 2.87. The van der Waals surface area contributed by atoms with Crippen molar-refractivity contribution >= 4 is 0 Å². The molecule has 0 bridgehead atoms. The Morgan fingerprint density at radius 3 is 2.78 bits per heavy atom. The highest BCUT2D eigenvalue weighted by molar-refractivity contribution is 5.45. The van der Waals surface area contributed by atoms with Crippen LogP contribution in [0.15, 0.2) is 18.2 Å². The number of nitrogens with one attached hydrogen (secondary N) is 1. The van der Waals surface area contributed by atoms with E-state index in [0.717, 1.165) is 18.1 Å². The standard InChI is InChI=1S/C16H23NO/c1-11(12-5-3-6-12)17-15-10-9-14-13(15)7-4-8-16(14)18-2/h4,7-8,11-12,15,17H,3,5-6,9-10H2,1-2H3/t11-,15-/m0/s1. The molecule has 1 saturated carbocycles. The number of fused-ring (bicyclic) bond motifs is 1. The second-order valence-corrected chi connectivity index (χ2v) is 5.77. The van der Waals surface area contributed by atoms with E-state index < -0.39 is 0 Å². The van der Waals surface area contributed by atoms with Gasteiger partial charge >= 0.3 is 0 Å². The van der Waals surface area contributed by atoms with Crippen LogP contribution in [-0.2, 0) is 6.42 Å². The molecular weight excluding hydrogens is 222 g/mol. The third-order valence-corrected chi connectivity index (χ3v) is 4.77. The largest absolute Gasteiger partial charge is 0.496 e. The van der Waals surface area contributed by atoms with Gasteiger partial charge in [-0.05, 0) is 55.7 Å². The van der Waals surface area contributed by atoms with Crippen LogP contribution in [0.3, 0.4) is 0 Å². The lowest BCUT2D eigenvalue weighted by atomic mass is 9.80. The fourth-order valence-electron chi connectivity index (χ4n) is 3.38. The molecule has 2 aliphatic carbocycles. The van der Waals surface area contributed by atoms with Gasteiger partial charge in [0.2, 0.25) is 0 Å². The molecule has 2 nitrogen and oxygen atoms in total. The molecule has 0 spiro atoms. The monoisotopic (exact) mass is 245 g/mol. The first-order chi connectivity index (χ1) is 8.79. The van der Waals surface area contributed by atoms with Crippen LogP contribution >= 0.6 is 0 Å². The SMILES string of the molecule is COc1cccc2c1CC[C@@H]2N[C@@H](C)C1CCC1. The molecule has 0 heterocycles. The molecule has 0 radical (unpaired) electrons. The molecule has 1 fully saturated rings. The van der Waals surface area contributed by atoms with E-state index in [1.165, 1.54) is 36.8 Å². The predicted molar refractivity (Wildman–Crippen MR) is 74.0 cm³/mol. The summed E-state index contributed by atoms with van der Waals surface area (Å²) >= 11 is 0. The second-order valence-electron chi connectivity index (χ2n) is 5.77. The molecular formula is C16H23NO. The molecule has 0 saturated heterocycles. The highest BCUT2D eigenvalue weighted by Crippen LogP contribution is 2.38. The van der Waals surface area contributed by atoms with Crippen molar-refractivity contribution in [3.63, 3.8) is 0 Å². The molecule has 2 atom stereocenters. The topological polar surface area (TPSA) is 21.3 Å². The van der Waals surface area contributed by atoms with Crippen LogP contribution in [0.25, 0.3) is 0 Å². The Balaban J connectivity index is 1.73. The summed E-state index contributed by atoms with van der Waals surface area (Å²) in [7, 11) is 1.77. The minimum Gasteiger partial charge on any atom is -0.496 e. The van der Waals surface area contributed by atoms with E-state index in [0.29, 0.717) is 12.1 Å². The van der Waals surface area contributed by atoms with Gasteiger partial charge in [0, 0.05) is 12.1 Å². The maximum absolute atomic E-state index is 5.46. The van der Waals surface area contributed by atoms with Crippen LogP contribution in [0.1, 0.15) is 49.8 Å². The van der Waals surface area contributed by atoms with Crippen molar-refractivity contribution in [3.05, 3.63) is 29.3 Å². The van der Waals surface area contributed by atoms with E-state index in [1.54, 1.807) is 7.11 Å². The number of hydrogen-bond donors (Lipinski definition) is 1. The van der Waals surface area contributed by atoms with Gasteiger partial charge in [-0.1, -0.05) is 18.6 Å². The summed E-state index contributed by atoms with van der Waals surface area (Å²) < 4.78 is 5.46. The zero-order valence-electron chi connectivity index (χ0n) is 11.4. The van der Waals surface area contributed by atoms with E-state index >= 15 is 0 Å². The summed E-state index contributed by atoms with van der Waals surface area (Å²) in [6.45, 7) is 2.35. The van der Waals surface area contributed by atoms with Crippen molar-refractivity contribution in [2.75, 3.05) is 7.11 Å². The first-order valence-electron chi connectivity index (χ1n) is 7.21. The molecule has 0 aromatic heterocycles. The van der Waals surface area contributed by atoms with Gasteiger partial charge in [-0.3, -0.25) is 0 Å². The van der Waals surface area contributed by atoms with E-state index in [1.807, 2.05) is 0 Å². The smallest absolute Gasteiger partial charge is 0.122 e. The fourth-order valence-corrected chi connectivity index (χ4v) is 3.38. The average Bonchev–Trinajstić information content (AvgIpc) is 2.70.